The lowest BCUT2D eigenvalue weighted by atomic mass is 9.83. The van der Waals surface area contributed by atoms with E-state index in [0.29, 0.717) is 24.0 Å². The lowest BCUT2D eigenvalue weighted by Crippen LogP contribution is -2.59. The van der Waals surface area contributed by atoms with E-state index in [1.54, 1.807) is 34.4 Å². The number of halogens is 2. The Balaban J connectivity index is 1.47. The highest BCUT2D eigenvalue weighted by Gasteiger charge is 2.36. The average molecular weight is 578 g/mol. The monoisotopic (exact) mass is 577 g/mol. The SMILES string of the molecule is CNC(C)C(=O)NC(C(=O)N1CCN(C(=O)c2cc3cc(F)c(F)cc3n2CCOCCO)CC1)C1CCCCC1. The first-order chi connectivity index (χ1) is 19.7. The average Bonchev–Trinajstić information content (AvgIpc) is 3.34. The number of amides is 3. The van der Waals surface area contributed by atoms with Gasteiger partial charge in [-0.25, -0.2) is 8.78 Å². The molecule has 2 aliphatic rings. The molecule has 2 unspecified atom stereocenters. The van der Waals surface area contributed by atoms with E-state index in [2.05, 4.69) is 10.6 Å². The molecule has 0 spiro atoms. The molecule has 226 valence electrons. The summed E-state index contributed by atoms with van der Waals surface area (Å²) in [5, 5.41) is 15.3. The lowest BCUT2D eigenvalue weighted by Gasteiger charge is -2.39. The molecule has 3 N–H and O–H groups in total. The van der Waals surface area contributed by atoms with Gasteiger partial charge in [-0.05, 0) is 44.9 Å². The number of likely N-dealkylation sites (N-methyl/N-ethyl adjacent to an activating group) is 1. The van der Waals surface area contributed by atoms with Gasteiger partial charge in [0, 0.05) is 44.2 Å². The van der Waals surface area contributed by atoms with Crippen LogP contribution in [0, 0.1) is 17.6 Å². The Kier molecular flexibility index (Phi) is 10.7. The highest BCUT2D eigenvalue weighted by Crippen LogP contribution is 2.28. The van der Waals surface area contributed by atoms with Gasteiger partial charge in [0.2, 0.25) is 11.8 Å². The van der Waals surface area contributed by atoms with E-state index in [4.69, 9.17) is 9.84 Å². The van der Waals surface area contributed by atoms with Gasteiger partial charge in [-0.3, -0.25) is 14.4 Å². The number of rotatable bonds is 11. The lowest BCUT2D eigenvalue weighted by molar-refractivity contribution is -0.140. The van der Waals surface area contributed by atoms with Crippen molar-refractivity contribution in [3.8, 4) is 0 Å². The normalized spacial score (nSPS) is 18.0. The zero-order valence-electron chi connectivity index (χ0n) is 23.8. The first-order valence-electron chi connectivity index (χ1n) is 14.5. The Morgan fingerprint density at radius 1 is 1.00 bits per heavy atom. The number of ether oxygens (including phenoxy) is 1. The summed E-state index contributed by atoms with van der Waals surface area (Å²) in [7, 11) is 1.70. The van der Waals surface area contributed by atoms with Gasteiger partial charge in [0.15, 0.2) is 11.6 Å². The topological polar surface area (TPSA) is 116 Å². The standard InChI is InChI=1S/C29H41F2N5O5/c1-19(32-2)27(38)33-26(20-6-4-3-5-7-20)29(40)35-10-8-34(9-11-35)28(39)25-17-21-16-22(30)23(31)18-24(21)36(25)12-14-41-15-13-37/h16-20,26,32,37H,3-15H2,1-2H3,(H,33,38). The minimum atomic E-state index is -1.01. The molecule has 4 rings (SSSR count). The number of aliphatic hydroxyl groups is 1. The van der Waals surface area contributed by atoms with Crippen molar-refractivity contribution in [1.82, 2.24) is 25.0 Å². The number of fused-ring (bicyclic) bond motifs is 1. The first kappa shape index (κ1) is 30.9. The minimum absolute atomic E-state index is 0.0773. The van der Waals surface area contributed by atoms with Gasteiger partial charge in [0.25, 0.3) is 5.91 Å². The summed E-state index contributed by atoms with van der Waals surface area (Å²) in [6.45, 7) is 3.31. The number of aliphatic hydroxyl groups excluding tert-OH is 1. The number of carbonyl (C=O) groups is 3. The van der Waals surface area contributed by atoms with Crippen LogP contribution in [0.25, 0.3) is 10.9 Å². The molecule has 1 aromatic heterocycles. The second-order valence-corrected chi connectivity index (χ2v) is 10.9. The van der Waals surface area contributed by atoms with Crippen molar-refractivity contribution in [2.75, 3.05) is 53.0 Å². The first-order valence-corrected chi connectivity index (χ1v) is 14.5. The van der Waals surface area contributed by atoms with Crippen LogP contribution in [-0.2, 0) is 20.9 Å². The molecular formula is C29H41F2N5O5. The molecule has 1 aromatic carbocycles. The van der Waals surface area contributed by atoms with E-state index >= 15 is 0 Å². The van der Waals surface area contributed by atoms with Gasteiger partial charge < -0.3 is 34.8 Å². The molecule has 0 radical (unpaired) electrons. The molecule has 1 aliphatic heterocycles. The third-order valence-corrected chi connectivity index (χ3v) is 8.25. The molecule has 2 atom stereocenters. The van der Waals surface area contributed by atoms with Gasteiger partial charge in [0.05, 0.1) is 31.4 Å². The molecule has 2 aromatic rings. The highest BCUT2D eigenvalue weighted by molar-refractivity contribution is 5.99. The maximum absolute atomic E-state index is 14.1. The Bertz CT molecular complexity index is 1220. The van der Waals surface area contributed by atoms with Gasteiger partial charge in [-0.15, -0.1) is 0 Å². The fraction of sp³-hybridized carbons (Fsp3) is 0.621. The van der Waals surface area contributed by atoms with Crippen molar-refractivity contribution >= 4 is 28.6 Å². The van der Waals surface area contributed by atoms with Crippen LogP contribution in [-0.4, -0.2) is 102 Å². The molecule has 10 nitrogen and oxygen atoms in total. The van der Waals surface area contributed by atoms with E-state index in [9.17, 15) is 23.2 Å². The van der Waals surface area contributed by atoms with E-state index in [1.807, 2.05) is 0 Å². The van der Waals surface area contributed by atoms with Gasteiger partial charge in [0.1, 0.15) is 11.7 Å². The van der Waals surface area contributed by atoms with Crippen LogP contribution in [0.3, 0.4) is 0 Å². The van der Waals surface area contributed by atoms with Crippen LogP contribution in [0.2, 0.25) is 0 Å². The van der Waals surface area contributed by atoms with Gasteiger partial charge in [-0.2, -0.15) is 0 Å². The number of hydrogen-bond donors (Lipinski definition) is 3. The molecule has 1 saturated heterocycles. The number of nitrogens with one attached hydrogen (secondary N) is 2. The second-order valence-electron chi connectivity index (χ2n) is 10.9. The van der Waals surface area contributed by atoms with Crippen molar-refractivity contribution in [2.24, 2.45) is 5.92 Å². The number of benzene rings is 1. The molecule has 12 heteroatoms. The number of hydrogen-bond acceptors (Lipinski definition) is 6. The predicted octanol–water partition coefficient (Wildman–Crippen LogP) is 1.89. The molecule has 2 fully saturated rings. The molecule has 0 bridgehead atoms. The second kappa shape index (κ2) is 14.2. The Labute approximate surface area is 239 Å². The molecule has 1 saturated carbocycles. The quantitative estimate of drug-likeness (QED) is 0.352. The summed E-state index contributed by atoms with van der Waals surface area (Å²) in [5.74, 6) is -2.58. The molecular weight excluding hydrogens is 536 g/mol. The highest BCUT2D eigenvalue weighted by atomic mass is 19.2. The zero-order valence-corrected chi connectivity index (χ0v) is 23.8. The van der Waals surface area contributed by atoms with Crippen LogP contribution < -0.4 is 10.6 Å². The number of carbonyl (C=O) groups excluding carboxylic acids is 3. The largest absolute Gasteiger partial charge is 0.394 e. The summed E-state index contributed by atoms with van der Waals surface area (Å²) in [4.78, 5) is 43.4. The third kappa shape index (κ3) is 7.22. The molecule has 3 amide bonds. The third-order valence-electron chi connectivity index (χ3n) is 8.25. The van der Waals surface area contributed by atoms with Crippen LogP contribution in [0.5, 0.6) is 0 Å². The van der Waals surface area contributed by atoms with Gasteiger partial charge >= 0.3 is 0 Å². The van der Waals surface area contributed by atoms with Crippen LogP contribution in [0.1, 0.15) is 49.5 Å². The van der Waals surface area contributed by atoms with Crippen LogP contribution in [0.4, 0.5) is 8.78 Å². The Hall–Kier alpha value is -3.09. The van der Waals surface area contributed by atoms with E-state index in [1.165, 1.54) is 0 Å². The fourth-order valence-electron chi connectivity index (χ4n) is 5.74. The van der Waals surface area contributed by atoms with Crippen molar-refractivity contribution in [3.63, 3.8) is 0 Å². The van der Waals surface area contributed by atoms with Crippen LogP contribution in [0.15, 0.2) is 18.2 Å². The molecule has 1 aliphatic carbocycles. The number of piperazine rings is 1. The maximum atomic E-state index is 14.1. The van der Waals surface area contributed by atoms with Crippen molar-refractivity contribution < 1.29 is 33.0 Å². The fourth-order valence-corrected chi connectivity index (χ4v) is 5.74. The van der Waals surface area contributed by atoms with E-state index in [0.717, 1.165) is 44.2 Å². The molecule has 41 heavy (non-hydrogen) atoms. The predicted molar refractivity (Wildman–Crippen MR) is 149 cm³/mol. The van der Waals surface area contributed by atoms with E-state index in [-0.39, 0.29) is 68.8 Å². The van der Waals surface area contributed by atoms with Gasteiger partial charge in [-0.1, -0.05) is 19.3 Å². The van der Waals surface area contributed by atoms with Crippen molar-refractivity contribution in [1.29, 1.82) is 0 Å². The van der Waals surface area contributed by atoms with Crippen molar-refractivity contribution in [2.45, 2.75) is 57.7 Å². The summed E-state index contributed by atoms with van der Waals surface area (Å²) in [6, 6.07) is 2.65. The smallest absolute Gasteiger partial charge is 0.270 e. The summed E-state index contributed by atoms with van der Waals surface area (Å²) < 4.78 is 35.0. The van der Waals surface area contributed by atoms with Crippen LogP contribution >= 0.6 is 0 Å². The summed E-state index contributed by atoms with van der Waals surface area (Å²) in [5.41, 5.74) is 0.640. The van der Waals surface area contributed by atoms with Crippen molar-refractivity contribution in [3.05, 3.63) is 35.5 Å². The maximum Gasteiger partial charge on any atom is 0.270 e. The molecule has 2 heterocycles. The Morgan fingerprint density at radius 3 is 2.32 bits per heavy atom. The summed E-state index contributed by atoms with van der Waals surface area (Å²) in [6.07, 6.45) is 4.96. The Morgan fingerprint density at radius 2 is 1.66 bits per heavy atom. The minimum Gasteiger partial charge on any atom is -0.394 e. The zero-order chi connectivity index (χ0) is 29.5. The number of aromatic nitrogens is 1. The number of nitrogens with zero attached hydrogens (tertiary/aromatic N) is 3. The summed E-state index contributed by atoms with van der Waals surface area (Å²) >= 11 is 0. The van der Waals surface area contributed by atoms with E-state index < -0.39 is 23.7 Å².